The fraction of sp³-hybridized carbons (Fsp3) is 0.250. The number of nitrogens with one attached hydrogen (secondary N) is 2. The summed E-state index contributed by atoms with van der Waals surface area (Å²) in [5.41, 5.74) is 2.50. The number of anilines is 1. The zero-order valence-electron chi connectivity index (χ0n) is 16.1. The van der Waals surface area contributed by atoms with Crippen molar-refractivity contribution >= 4 is 81.7 Å². The molecule has 2 aromatic rings. The lowest BCUT2D eigenvalue weighted by Crippen LogP contribution is -2.22. The SMILES string of the molecule is O=C(NN=CC(F)C(F)F)c1cc(NC(=O)C2C(c3cc(Cl)cc(Cl)c3)C2(Cl)Cl)ccc1Cl. The average Bonchev–Trinajstić information content (AvgIpc) is 3.30. The molecule has 1 aliphatic rings. The molecule has 2 aromatic carbocycles. The van der Waals surface area contributed by atoms with E-state index in [0.29, 0.717) is 15.6 Å². The Hall–Kier alpha value is -1.71. The Balaban J connectivity index is 1.72. The summed E-state index contributed by atoms with van der Waals surface area (Å²) in [5.74, 6) is -2.87. The monoisotopic (exact) mass is 559 g/mol. The Kier molecular flexibility index (Phi) is 8.07. The summed E-state index contributed by atoms with van der Waals surface area (Å²) in [6.07, 6.45) is -5.67. The lowest BCUT2D eigenvalue weighted by atomic mass is 10.1. The van der Waals surface area contributed by atoms with Gasteiger partial charge in [-0.15, -0.1) is 23.2 Å². The van der Waals surface area contributed by atoms with Crippen molar-refractivity contribution in [2.45, 2.75) is 22.8 Å². The largest absolute Gasteiger partial charge is 0.326 e. The third kappa shape index (κ3) is 6.05. The zero-order chi connectivity index (χ0) is 24.5. The first kappa shape index (κ1) is 25.9. The first-order chi connectivity index (χ1) is 15.4. The molecule has 0 aliphatic heterocycles. The van der Waals surface area contributed by atoms with E-state index in [4.69, 9.17) is 58.0 Å². The smallest absolute Gasteiger partial charge is 0.274 e. The van der Waals surface area contributed by atoms with E-state index in [2.05, 4.69) is 10.4 Å². The van der Waals surface area contributed by atoms with Gasteiger partial charge in [0.05, 0.1) is 22.7 Å². The van der Waals surface area contributed by atoms with Crippen LogP contribution in [0.4, 0.5) is 18.9 Å². The minimum Gasteiger partial charge on any atom is -0.326 e. The van der Waals surface area contributed by atoms with Crippen LogP contribution in [0, 0.1) is 5.92 Å². The van der Waals surface area contributed by atoms with Gasteiger partial charge in [-0.3, -0.25) is 9.59 Å². The summed E-state index contributed by atoms with van der Waals surface area (Å²) in [5, 5.41) is 6.42. The van der Waals surface area contributed by atoms with Crippen molar-refractivity contribution in [2.24, 2.45) is 11.0 Å². The molecule has 0 heterocycles. The molecule has 176 valence electrons. The van der Waals surface area contributed by atoms with Gasteiger partial charge in [0.25, 0.3) is 12.3 Å². The van der Waals surface area contributed by atoms with Crippen molar-refractivity contribution in [3.8, 4) is 0 Å². The van der Waals surface area contributed by atoms with Crippen LogP contribution in [0.2, 0.25) is 15.1 Å². The third-order valence-corrected chi connectivity index (χ3v) is 6.39. The van der Waals surface area contributed by atoms with E-state index < -0.39 is 40.6 Å². The highest BCUT2D eigenvalue weighted by Crippen LogP contribution is 2.65. The van der Waals surface area contributed by atoms with Gasteiger partial charge in [0.2, 0.25) is 5.91 Å². The molecule has 33 heavy (non-hydrogen) atoms. The van der Waals surface area contributed by atoms with Gasteiger partial charge in [0, 0.05) is 21.7 Å². The zero-order valence-corrected chi connectivity index (χ0v) is 19.9. The van der Waals surface area contributed by atoms with Crippen LogP contribution in [0.1, 0.15) is 21.8 Å². The molecule has 13 heteroatoms. The molecule has 1 fully saturated rings. The van der Waals surface area contributed by atoms with E-state index in [0.717, 1.165) is 0 Å². The minimum absolute atomic E-state index is 0.0201. The number of hydrogen-bond donors (Lipinski definition) is 2. The number of amides is 2. The predicted octanol–water partition coefficient (Wildman–Crippen LogP) is 6.49. The molecule has 2 N–H and O–H groups in total. The maximum Gasteiger partial charge on any atom is 0.274 e. The maximum absolute atomic E-state index is 12.8. The van der Waals surface area contributed by atoms with Crippen LogP contribution < -0.4 is 10.7 Å². The molecule has 0 spiro atoms. The Labute approximate surface area is 211 Å². The van der Waals surface area contributed by atoms with Gasteiger partial charge < -0.3 is 5.32 Å². The van der Waals surface area contributed by atoms with Crippen molar-refractivity contribution in [1.82, 2.24) is 5.43 Å². The molecule has 0 aromatic heterocycles. The van der Waals surface area contributed by atoms with Gasteiger partial charge in [-0.05, 0) is 42.0 Å². The van der Waals surface area contributed by atoms with Gasteiger partial charge in [-0.25, -0.2) is 18.6 Å². The van der Waals surface area contributed by atoms with Gasteiger partial charge in [0.15, 0.2) is 6.17 Å². The molecule has 1 aliphatic carbocycles. The van der Waals surface area contributed by atoms with E-state index in [1.54, 1.807) is 12.1 Å². The number of halogens is 8. The molecular weight excluding hydrogens is 548 g/mol. The summed E-state index contributed by atoms with van der Waals surface area (Å²) in [7, 11) is 0. The number of alkyl halides is 5. The summed E-state index contributed by atoms with van der Waals surface area (Å²) < 4.78 is 35.7. The molecule has 3 atom stereocenters. The Bertz CT molecular complexity index is 1100. The van der Waals surface area contributed by atoms with Crippen LogP contribution in [0.5, 0.6) is 0 Å². The fourth-order valence-corrected chi connectivity index (χ4v) is 4.69. The molecule has 3 rings (SSSR count). The van der Waals surface area contributed by atoms with Crippen molar-refractivity contribution in [3.05, 3.63) is 62.6 Å². The second kappa shape index (κ2) is 10.3. The highest BCUT2D eigenvalue weighted by Gasteiger charge is 2.67. The quantitative estimate of drug-likeness (QED) is 0.231. The topological polar surface area (TPSA) is 70.6 Å². The first-order valence-electron chi connectivity index (χ1n) is 9.11. The molecular formula is C20H13Cl5F3N3O2. The second-order valence-corrected chi connectivity index (χ2v) is 9.74. The van der Waals surface area contributed by atoms with E-state index in [-0.39, 0.29) is 22.5 Å². The summed E-state index contributed by atoms with van der Waals surface area (Å²) >= 11 is 30.7. The minimum atomic E-state index is -3.28. The van der Waals surface area contributed by atoms with E-state index >= 15 is 0 Å². The highest BCUT2D eigenvalue weighted by molar-refractivity contribution is 6.53. The number of hydrazone groups is 1. The van der Waals surface area contributed by atoms with Crippen molar-refractivity contribution in [2.75, 3.05) is 5.32 Å². The lowest BCUT2D eigenvalue weighted by molar-refractivity contribution is -0.117. The average molecular weight is 562 g/mol. The number of carbonyl (C=O) groups excluding carboxylic acids is 2. The van der Waals surface area contributed by atoms with Crippen molar-refractivity contribution in [1.29, 1.82) is 0 Å². The second-order valence-electron chi connectivity index (χ2n) is 7.01. The van der Waals surface area contributed by atoms with E-state index in [9.17, 15) is 22.8 Å². The standard InChI is InChI=1S/C20H13Cl5F3N3O2/c21-9-3-8(4-10(22)5-9)15-16(20(15,24)25)19(33)30-11-1-2-13(23)12(6-11)18(32)31-29-7-14(26)17(27)28/h1-7,14-17H,(H,30,33)(H,31,32). The third-order valence-electron chi connectivity index (χ3n) is 4.68. The maximum atomic E-state index is 12.8. The van der Waals surface area contributed by atoms with Crippen LogP contribution in [0.3, 0.4) is 0 Å². The van der Waals surface area contributed by atoms with Crippen LogP contribution >= 0.6 is 58.0 Å². The van der Waals surface area contributed by atoms with Gasteiger partial charge in [0.1, 0.15) is 4.33 Å². The number of benzene rings is 2. The molecule has 0 bridgehead atoms. The van der Waals surface area contributed by atoms with Crippen molar-refractivity contribution in [3.63, 3.8) is 0 Å². The lowest BCUT2D eigenvalue weighted by Gasteiger charge is -2.09. The molecule has 5 nitrogen and oxygen atoms in total. The van der Waals surface area contributed by atoms with Crippen LogP contribution in [0.15, 0.2) is 41.5 Å². The molecule has 3 unspecified atom stereocenters. The Morgan fingerprint density at radius 1 is 1.03 bits per heavy atom. The number of rotatable bonds is 7. The Morgan fingerprint density at radius 3 is 2.27 bits per heavy atom. The van der Waals surface area contributed by atoms with Crippen LogP contribution in [0.25, 0.3) is 0 Å². The summed E-state index contributed by atoms with van der Waals surface area (Å²) in [6.45, 7) is 0. The normalized spacial score (nSPS) is 20.0. The van der Waals surface area contributed by atoms with Gasteiger partial charge in [-0.1, -0.05) is 34.8 Å². The predicted molar refractivity (Wildman–Crippen MR) is 124 cm³/mol. The van der Waals surface area contributed by atoms with E-state index in [1.165, 1.54) is 24.3 Å². The summed E-state index contributed by atoms with van der Waals surface area (Å²) in [4.78, 5) is 25.0. The highest BCUT2D eigenvalue weighted by atomic mass is 35.5. The number of hydrogen-bond acceptors (Lipinski definition) is 3. The fourth-order valence-electron chi connectivity index (χ4n) is 3.11. The molecule has 0 radical (unpaired) electrons. The number of carbonyl (C=O) groups is 2. The van der Waals surface area contributed by atoms with Gasteiger partial charge in [-0.2, -0.15) is 5.10 Å². The number of nitrogens with zero attached hydrogens (tertiary/aromatic N) is 1. The molecule has 2 amide bonds. The Morgan fingerprint density at radius 2 is 1.67 bits per heavy atom. The molecule has 1 saturated carbocycles. The van der Waals surface area contributed by atoms with Gasteiger partial charge >= 0.3 is 0 Å². The van der Waals surface area contributed by atoms with E-state index in [1.807, 2.05) is 5.43 Å². The van der Waals surface area contributed by atoms with Crippen LogP contribution in [-0.2, 0) is 4.79 Å². The van der Waals surface area contributed by atoms with Crippen molar-refractivity contribution < 1.29 is 22.8 Å². The molecule has 0 saturated heterocycles. The summed E-state index contributed by atoms with van der Waals surface area (Å²) in [6, 6.07) is 8.70. The van der Waals surface area contributed by atoms with Crippen LogP contribution in [-0.4, -0.2) is 35.0 Å². The first-order valence-corrected chi connectivity index (χ1v) is 11.0.